The van der Waals surface area contributed by atoms with Crippen molar-refractivity contribution < 1.29 is 9.90 Å². The largest absolute Gasteiger partial charge is 0.478 e. The molecule has 3 rings (SSSR count). The number of hydrogen-bond donors (Lipinski definition) is 2. The molecule has 2 N–H and O–H groups in total. The van der Waals surface area contributed by atoms with Crippen molar-refractivity contribution in [3.05, 3.63) is 41.2 Å². The Labute approximate surface area is 115 Å². The number of H-pyrrole nitrogens is 1. The van der Waals surface area contributed by atoms with Crippen LogP contribution in [0.4, 0.5) is 0 Å². The summed E-state index contributed by atoms with van der Waals surface area (Å²) in [6.07, 6.45) is 1.35. The monoisotopic (exact) mass is 269 g/mol. The Morgan fingerprint density at radius 2 is 2.10 bits per heavy atom. The molecule has 2 heterocycles. The fraction of sp³-hybridized carbons (Fsp3) is 0.200. The Kier molecular flexibility index (Phi) is 2.64. The van der Waals surface area contributed by atoms with E-state index in [9.17, 15) is 9.90 Å². The van der Waals surface area contributed by atoms with E-state index in [-0.39, 0.29) is 5.56 Å². The number of aryl methyl sites for hydroxylation is 2. The van der Waals surface area contributed by atoms with E-state index in [1.165, 1.54) is 11.8 Å². The molecule has 5 nitrogen and oxygen atoms in total. The molecule has 3 aromatic rings. The SMILES string of the molecule is Cc1ccc2c(-c3[nH]ncc3C(=O)O)c(C)n(C)c2c1. The van der Waals surface area contributed by atoms with Crippen LogP contribution in [0.3, 0.4) is 0 Å². The Balaban J connectivity index is 2.39. The third kappa shape index (κ3) is 1.63. The summed E-state index contributed by atoms with van der Waals surface area (Å²) in [5.41, 5.74) is 4.93. The molecule has 0 aliphatic heterocycles. The first-order valence-electron chi connectivity index (χ1n) is 6.33. The predicted molar refractivity (Wildman–Crippen MR) is 76.9 cm³/mol. The van der Waals surface area contributed by atoms with Gasteiger partial charge >= 0.3 is 5.97 Å². The standard InChI is InChI=1S/C15H15N3O2/c1-8-4-5-10-12(6-8)18(3)9(2)13(10)14-11(15(19)20)7-16-17-14/h4-7H,1-3H3,(H,16,17)(H,19,20). The number of benzene rings is 1. The Bertz CT molecular complexity index is 827. The van der Waals surface area contributed by atoms with Crippen molar-refractivity contribution in [2.45, 2.75) is 13.8 Å². The van der Waals surface area contributed by atoms with Gasteiger partial charge < -0.3 is 9.67 Å². The molecular formula is C15H15N3O2. The van der Waals surface area contributed by atoms with Gasteiger partial charge in [-0.3, -0.25) is 5.10 Å². The number of carboxylic acids is 1. The first kappa shape index (κ1) is 12.5. The number of aromatic nitrogens is 3. The molecule has 0 saturated carbocycles. The van der Waals surface area contributed by atoms with E-state index in [0.717, 1.165) is 22.2 Å². The summed E-state index contributed by atoms with van der Waals surface area (Å²) >= 11 is 0. The summed E-state index contributed by atoms with van der Waals surface area (Å²) in [6.45, 7) is 4.03. The molecule has 20 heavy (non-hydrogen) atoms. The van der Waals surface area contributed by atoms with Crippen LogP contribution in [-0.2, 0) is 7.05 Å². The highest BCUT2D eigenvalue weighted by Crippen LogP contribution is 2.34. The van der Waals surface area contributed by atoms with Gasteiger partial charge in [-0.15, -0.1) is 0 Å². The smallest absolute Gasteiger partial charge is 0.339 e. The Morgan fingerprint density at radius 1 is 1.35 bits per heavy atom. The quantitative estimate of drug-likeness (QED) is 0.751. The van der Waals surface area contributed by atoms with Crippen molar-refractivity contribution in [1.29, 1.82) is 0 Å². The molecule has 0 amide bonds. The first-order chi connectivity index (χ1) is 9.50. The summed E-state index contributed by atoms with van der Waals surface area (Å²) in [7, 11) is 1.98. The molecule has 5 heteroatoms. The number of carbonyl (C=O) groups is 1. The minimum absolute atomic E-state index is 0.196. The van der Waals surface area contributed by atoms with E-state index in [2.05, 4.69) is 20.8 Å². The molecular weight excluding hydrogens is 254 g/mol. The number of nitrogens with one attached hydrogen (secondary N) is 1. The summed E-state index contributed by atoms with van der Waals surface area (Å²) < 4.78 is 2.07. The highest BCUT2D eigenvalue weighted by atomic mass is 16.4. The maximum atomic E-state index is 11.3. The van der Waals surface area contributed by atoms with Gasteiger partial charge in [0, 0.05) is 29.2 Å². The third-order valence-corrected chi connectivity index (χ3v) is 3.77. The zero-order chi connectivity index (χ0) is 14.4. The van der Waals surface area contributed by atoms with Gasteiger partial charge in [0.15, 0.2) is 0 Å². The van der Waals surface area contributed by atoms with E-state index in [1.54, 1.807) is 0 Å². The van der Waals surface area contributed by atoms with Crippen molar-refractivity contribution >= 4 is 16.9 Å². The lowest BCUT2D eigenvalue weighted by Crippen LogP contribution is -1.98. The number of fused-ring (bicyclic) bond motifs is 1. The molecule has 0 aliphatic carbocycles. The molecule has 102 valence electrons. The Morgan fingerprint density at radius 3 is 2.80 bits per heavy atom. The number of aromatic carboxylic acids is 1. The Hall–Kier alpha value is -2.56. The van der Waals surface area contributed by atoms with Gasteiger partial charge in [-0.05, 0) is 25.5 Å². The first-order valence-corrected chi connectivity index (χ1v) is 6.33. The van der Waals surface area contributed by atoms with Crippen LogP contribution in [-0.4, -0.2) is 25.8 Å². The molecule has 0 saturated heterocycles. The van der Waals surface area contributed by atoms with Crippen LogP contribution >= 0.6 is 0 Å². The summed E-state index contributed by atoms with van der Waals surface area (Å²) in [5.74, 6) is -0.975. The number of hydrogen-bond acceptors (Lipinski definition) is 2. The minimum atomic E-state index is -0.975. The van der Waals surface area contributed by atoms with Gasteiger partial charge in [0.05, 0.1) is 11.9 Å². The van der Waals surface area contributed by atoms with Crippen molar-refractivity contribution in [2.24, 2.45) is 7.05 Å². The van der Waals surface area contributed by atoms with E-state index in [0.29, 0.717) is 5.69 Å². The maximum absolute atomic E-state index is 11.3. The summed E-state index contributed by atoms with van der Waals surface area (Å²) in [4.78, 5) is 11.3. The van der Waals surface area contributed by atoms with Crippen molar-refractivity contribution in [1.82, 2.24) is 14.8 Å². The number of carboxylic acid groups (broad SMARTS) is 1. The van der Waals surface area contributed by atoms with Gasteiger partial charge in [0.2, 0.25) is 0 Å². The van der Waals surface area contributed by atoms with Crippen molar-refractivity contribution in [3.63, 3.8) is 0 Å². The van der Waals surface area contributed by atoms with Gasteiger partial charge in [-0.1, -0.05) is 12.1 Å². The van der Waals surface area contributed by atoms with Crippen molar-refractivity contribution in [2.75, 3.05) is 0 Å². The van der Waals surface area contributed by atoms with Crippen molar-refractivity contribution in [3.8, 4) is 11.3 Å². The zero-order valence-electron chi connectivity index (χ0n) is 11.6. The molecule has 0 atom stereocenters. The van der Waals surface area contributed by atoms with Gasteiger partial charge in [0.25, 0.3) is 0 Å². The van der Waals surface area contributed by atoms with Crippen LogP contribution in [0.1, 0.15) is 21.6 Å². The summed E-state index contributed by atoms with van der Waals surface area (Å²) in [6, 6.07) is 6.16. The fourth-order valence-corrected chi connectivity index (χ4v) is 2.63. The molecule has 1 aromatic carbocycles. The van der Waals surface area contributed by atoms with Gasteiger partial charge in [0.1, 0.15) is 5.56 Å². The average Bonchev–Trinajstić information content (AvgIpc) is 2.96. The lowest BCUT2D eigenvalue weighted by Gasteiger charge is -2.01. The summed E-state index contributed by atoms with van der Waals surface area (Å²) in [5, 5.41) is 17.0. The number of nitrogens with zero attached hydrogens (tertiary/aromatic N) is 2. The van der Waals surface area contributed by atoms with E-state index < -0.39 is 5.97 Å². The maximum Gasteiger partial charge on any atom is 0.339 e. The third-order valence-electron chi connectivity index (χ3n) is 3.77. The van der Waals surface area contributed by atoms with Crippen LogP contribution in [0.5, 0.6) is 0 Å². The second-order valence-electron chi connectivity index (χ2n) is 5.00. The second kappa shape index (κ2) is 4.23. The predicted octanol–water partition coefficient (Wildman–Crippen LogP) is 2.88. The molecule has 0 bridgehead atoms. The highest BCUT2D eigenvalue weighted by Gasteiger charge is 2.21. The second-order valence-corrected chi connectivity index (χ2v) is 5.00. The average molecular weight is 269 g/mol. The fourth-order valence-electron chi connectivity index (χ4n) is 2.63. The number of aromatic amines is 1. The molecule has 0 spiro atoms. The lowest BCUT2D eigenvalue weighted by molar-refractivity contribution is 0.0698. The molecule has 0 unspecified atom stereocenters. The molecule has 0 radical (unpaired) electrons. The van der Waals surface area contributed by atoms with Crippen LogP contribution in [0.25, 0.3) is 22.2 Å². The lowest BCUT2D eigenvalue weighted by atomic mass is 10.0. The van der Waals surface area contributed by atoms with Crippen LogP contribution in [0.2, 0.25) is 0 Å². The minimum Gasteiger partial charge on any atom is -0.478 e. The highest BCUT2D eigenvalue weighted by molar-refractivity contribution is 6.03. The molecule has 0 aliphatic rings. The van der Waals surface area contributed by atoms with Crippen LogP contribution in [0, 0.1) is 13.8 Å². The van der Waals surface area contributed by atoms with Crippen LogP contribution in [0.15, 0.2) is 24.4 Å². The topological polar surface area (TPSA) is 70.9 Å². The van der Waals surface area contributed by atoms with E-state index in [1.807, 2.05) is 33.0 Å². The normalized spacial score (nSPS) is 11.2. The molecule has 0 fully saturated rings. The zero-order valence-corrected chi connectivity index (χ0v) is 11.6. The van der Waals surface area contributed by atoms with Gasteiger partial charge in [-0.25, -0.2) is 4.79 Å². The molecule has 2 aromatic heterocycles. The van der Waals surface area contributed by atoms with Gasteiger partial charge in [-0.2, -0.15) is 5.10 Å². The van der Waals surface area contributed by atoms with E-state index >= 15 is 0 Å². The van der Waals surface area contributed by atoms with Crippen LogP contribution < -0.4 is 0 Å². The number of rotatable bonds is 2. The van der Waals surface area contributed by atoms with E-state index in [4.69, 9.17) is 0 Å².